The third kappa shape index (κ3) is 6.69. The highest BCUT2D eigenvalue weighted by molar-refractivity contribution is 6.99. The molecule has 1 fully saturated rings. The van der Waals surface area contributed by atoms with E-state index >= 15 is 0 Å². The second-order valence-corrected chi connectivity index (χ2v) is 15.2. The molecule has 7 nitrogen and oxygen atoms in total. The van der Waals surface area contributed by atoms with Crippen molar-refractivity contribution in [1.29, 1.82) is 0 Å². The Morgan fingerprint density at radius 3 is 1.95 bits per heavy atom. The number of benzene rings is 2. The summed E-state index contributed by atoms with van der Waals surface area (Å²) < 4.78 is 31.0. The molecule has 1 saturated heterocycles. The Bertz CT molecular complexity index is 1060. The van der Waals surface area contributed by atoms with E-state index in [1.165, 1.54) is 13.8 Å². The third-order valence-electron chi connectivity index (χ3n) is 7.04. The molecule has 0 N–H and O–H groups in total. The molecule has 1 heterocycles. The SMILES string of the molecule is C=CC1(CO[Si](c2ccccc2)(c2ccccc2)C(C)(C)C)OC(OC(C)=O)C(OC(C)=O)C1OCCCC. The first-order chi connectivity index (χ1) is 18.5. The quantitative estimate of drug-likeness (QED) is 0.165. The second kappa shape index (κ2) is 13.0. The van der Waals surface area contributed by atoms with Gasteiger partial charge in [-0.2, -0.15) is 0 Å². The van der Waals surface area contributed by atoms with E-state index in [-0.39, 0.29) is 11.6 Å². The van der Waals surface area contributed by atoms with Crippen molar-refractivity contribution in [2.24, 2.45) is 0 Å². The van der Waals surface area contributed by atoms with Crippen molar-refractivity contribution in [3.63, 3.8) is 0 Å². The molecule has 8 heteroatoms. The first-order valence-corrected chi connectivity index (χ1v) is 15.4. The molecule has 0 aromatic heterocycles. The van der Waals surface area contributed by atoms with Gasteiger partial charge >= 0.3 is 11.9 Å². The fraction of sp³-hybridized carbons (Fsp3) is 0.484. The molecule has 1 aliphatic rings. The average molecular weight is 555 g/mol. The molecule has 39 heavy (non-hydrogen) atoms. The van der Waals surface area contributed by atoms with Gasteiger partial charge in [0.1, 0.15) is 11.7 Å². The second-order valence-electron chi connectivity index (χ2n) is 10.9. The zero-order valence-electron chi connectivity index (χ0n) is 24.0. The van der Waals surface area contributed by atoms with Gasteiger partial charge < -0.3 is 23.4 Å². The zero-order chi connectivity index (χ0) is 28.7. The maximum absolute atomic E-state index is 12.1. The molecule has 0 spiro atoms. The number of carbonyl (C=O) groups is 2. The number of carbonyl (C=O) groups excluding carboxylic acids is 2. The molecule has 1 aliphatic heterocycles. The van der Waals surface area contributed by atoms with Crippen LogP contribution < -0.4 is 10.4 Å². The molecule has 2 aromatic carbocycles. The highest BCUT2D eigenvalue weighted by atomic mass is 28.4. The Labute approximate surface area is 233 Å². The molecule has 0 bridgehead atoms. The third-order valence-corrected chi connectivity index (χ3v) is 12.0. The van der Waals surface area contributed by atoms with Crippen molar-refractivity contribution in [3.8, 4) is 0 Å². The predicted octanol–water partition coefficient (Wildman–Crippen LogP) is 4.52. The van der Waals surface area contributed by atoms with Gasteiger partial charge in [0.25, 0.3) is 8.32 Å². The van der Waals surface area contributed by atoms with Gasteiger partial charge in [0, 0.05) is 20.5 Å². The van der Waals surface area contributed by atoms with E-state index in [1.54, 1.807) is 6.08 Å². The van der Waals surface area contributed by atoms with Crippen molar-refractivity contribution >= 4 is 30.6 Å². The number of hydrogen-bond donors (Lipinski definition) is 0. The smallest absolute Gasteiger partial charge is 0.305 e. The molecule has 4 unspecified atom stereocenters. The maximum Gasteiger partial charge on any atom is 0.305 e. The highest BCUT2D eigenvalue weighted by Crippen LogP contribution is 2.41. The van der Waals surface area contributed by atoms with Crippen LogP contribution in [0.25, 0.3) is 0 Å². The minimum Gasteiger partial charge on any atom is -0.453 e. The lowest BCUT2D eigenvalue weighted by atomic mass is 9.96. The Morgan fingerprint density at radius 1 is 0.974 bits per heavy atom. The van der Waals surface area contributed by atoms with Crippen LogP contribution in [0, 0.1) is 0 Å². The van der Waals surface area contributed by atoms with Crippen LogP contribution in [0.15, 0.2) is 73.3 Å². The number of unbranched alkanes of at least 4 members (excludes halogenated alkanes) is 1. The van der Waals surface area contributed by atoms with E-state index < -0.39 is 44.4 Å². The molecule has 212 valence electrons. The molecule has 0 aliphatic carbocycles. The van der Waals surface area contributed by atoms with Gasteiger partial charge in [-0.15, -0.1) is 6.58 Å². The van der Waals surface area contributed by atoms with E-state index in [4.69, 9.17) is 23.4 Å². The molecule has 0 radical (unpaired) electrons. The van der Waals surface area contributed by atoms with Gasteiger partial charge in [-0.3, -0.25) is 9.59 Å². The Kier molecular flexibility index (Phi) is 10.3. The van der Waals surface area contributed by atoms with Gasteiger partial charge in [0.05, 0.1) is 6.61 Å². The zero-order valence-corrected chi connectivity index (χ0v) is 25.0. The summed E-state index contributed by atoms with van der Waals surface area (Å²) in [6.45, 7) is 15.8. The van der Waals surface area contributed by atoms with E-state index in [1.807, 2.05) is 36.4 Å². The van der Waals surface area contributed by atoms with Crippen LogP contribution in [0.1, 0.15) is 54.4 Å². The van der Waals surface area contributed by atoms with Gasteiger partial charge in [-0.1, -0.05) is 101 Å². The standard InChI is InChI=1S/C31H42O7Si/c1-8-10-21-34-28-27(36-23(3)32)29(37-24(4)33)38-31(28,9-2)22-35-39(30(5,6)7,25-17-13-11-14-18-25)26-19-15-12-16-20-26/h9,11-20,27-29H,2,8,10,21-22H2,1,3-7H3. The van der Waals surface area contributed by atoms with Crippen LogP contribution in [0.2, 0.25) is 5.04 Å². The summed E-state index contributed by atoms with van der Waals surface area (Å²) >= 11 is 0. The van der Waals surface area contributed by atoms with Crippen LogP contribution >= 0.6 is 0 Å². The Balaban J connectivity index is 2.12. The summed E-state index contributed by atoms with van der Waals surface area (Å²) in [4.78, 5) is 24.1. The molecular formula is C31H42O7Si. The van der Waals surface area contributed by atoms with Gasteiger partial charge in [-0.05, 0) is 21.8 Å². The van der Waals surface area contributed by atoms with Gasteiger partial charge in [0.15, 0.2) is 6.10 Å². The molecule has 0 amide bonds. The van der Waals surface area contributed by atoms with Crippen molar-refractivity contribution in [2.75, 3.05) is 13.2 Å². The van der Waals surface area contributed by atoms with Crippen LogP contribution in [-0.4, -0.2) is 57.6 Å². The number of esters is 2. The lowest BCUT2D eigenvalue weighted by Gasteiger charge is -2.45. The lowest BCUT2D eigenvalue weighted by molar-refractivity contribution is -0.201. The highest BCUT2D eigenvalue weighted by Gasteiger charge is 2.60. The fourth-order valence-electron chi connectivity index (χ4n) is 5.25. The summed E-state index contributed by atoms with van der Waals surface area (Å²) in [6, 6.07) is 20.5. The van der Waals surface area contributed by atoms with Crippen LogP contribution in [-0.2, 0) is 33.0 Å². The van der Waals surface area contributed by atoms with Crippen molar-refractivity contribution in [2.45, 2.75) is 83.5 Å². The molecule has 2 aromatic rings. The van der Waals surface area contributed by atoms with Crippen molar-refractivity contribution in [3.05, 3.63) is 73.3 Å². The lowest BCUT2D eigenvalue weighted by Crippen LogP contribution is -2.68. The van der Waals surface area contributed by atoms with Crippen molar-refractivity contribution in [1.82, 2.24) is 0 Å². The van der Waals surface area contributed by atoms with E-state index in [0.29, 0.717) is 6.61 Å². The van der Waals surface area contributed by atoms with Crippen molar-refractivity contribution < 1.29 is 33.0 Å². The largest absolute Gasteiger partial charge is 0.453 e. The fourth-order valence-corrected chi connectivity index (χ4v) is 9.84. The monoisotopic (exact) mass is 554 g/mol. The number of hydrogen-bond acceptors (Lipinski definition) is 7. The molecule has 3 rings (SSSR count). The van der Waals surface area contributed by atoms with E-state index in [0.717, 1.165) is 23.2 Å². The topological polar surface area (TPSA) is 80.3 Å². The molecular weight excluding hydrogens is 512 g/mol. The van der Waals surface area contributed by atoms with E-state index in [2.05, 4.69) is 58.5 Å². The van der Waals surface area contributed by atoms with E-state index in [9.17, 15) is 9.59 Å². The summed E-state index contributed by atoms with van der Waals surface area (Å²) in [5.41, 5.74) is -1.25. The van der Waals surface area contributed by atoms with Gasteiger partial charge in [0.2, 0.25) is 6.29 Å². The maximum atomic E-state index is 12.1. The average Bonchev–Trinajstić information content (AvgIpc) is 3.16. The van der Waals surface area contributed by atoms with Gasteiger partial charge in [-0.25, -0.2) is 0 Å². The van der Waals surface area contributed by atoms with Crippen LogP contribution in [0.4, 0.5) is 0 Å². The summed E-state index contributed by atoms with van der Waals surface area (Å²) in [5, 5.41) is 1.94. The number of ether oxygens (including phenoxy) is 4. The first-order valence-electron chi connectivity index (χ1n) is 13.5. The van der Waals surface area contributed by atoms with Crippen LogP contribution in [0.3, 0.4) is 0 Å². The minimum atomic E-state index is -2.95. The molecule has 0 saturated carbocycles. The Hall–Kier alpha value is -2.78. The first kappa shape index (κ1) is 30.8. The molecule has 4 atom stereocenters. The summed E-state index contributed by atoms with van der Waals surface area (Å²) in [6.07, 6.45) is 0.390. The summed E-state index contributed by atoms with van der Waals surface area (Å²) in [7, 11) is -2.95. The number of rotatable bonds is 12. The Morgan fingerprint density at radius 2 is 1.51 bits per heavy atom. The summed E-state index contributed by atoms with van der Waals surface area (Å²) in [5.74, 6) is -1.09. The van der Waals surface area contributed by atoms with Crippen LogP contribution in [0.5, 0.6) is 0 Å². The minimum absolute atomic E-state index is 0.0517. The predicted molar refractivity (Wildman–Crippen MR) is 153 cm³/mol. The normalized spacial score (nSPS) is 23.3.